The maximum atomic E-state index is 13.6. The fourth-order valence-corrected chi connectivity index (χ4v) is 4.82. The summed E-state index contributed by atoms with van der Waals surface area (Å²) < 4.78 is 5.87. The highest BCUT2D eigenvalue weighted by Crippen LogP contribution is 2.46. The summed E-state index contributed by atoms with van der Waals surface area (Å²) in [5, 5.41) is 15.0. The van der Waals surface area contributed by atoms with Crippen LogP contribution in [0.4, 0.5) is 5.69 Å². The highest BCUT2D eigenvalue weighted by atomic mass is 32.1. The molecule has 1 aromatic heterocycles. The Balaban J connectivity index is 1.82. The van der Waals surface area contributed by atoms with E-state index in [0.717, 1.165) is 11.1 Å². The number of likely N-dealkylation sites (N-methyl/N-ethyl adjacent to an activating group) is 1. The molecule has 0 bridgehead atoms. The van der Waals surface area contributed by atoms with Gasteiger partial charge in [0.05, 0.1) is 11.6 Å². The molecule has 0 fully saturated rings. The molecule has 2 heterocycles. The third-order valence-electron chi connectivity index (χ3n) is 6.20. The van der Waals surface area contributed by atoms with Gasteiger partial charge in [-0.05, 0) is 46.2 Å². The normalized spacial score (nSPS) is 15.8. The van der Waals surface area contributed by atoms with Gasteiger partial charge < -0.3 is 14.7 Å². The number of ether oxygens (including phenoxy) is 1. The van der Waals surface area contributed by atoms with Crippen molar-refractivity contribution < 1.29 is 24.2 Å². The van der Waals surface area contributed by atoms with Gasteiger partial charge in [-0.3, -0.25) is 19.3 Å². The zero-order valence-corrected chi connectivity index (χ0v) is 22.3. The van der Waals surface area contributed by atoms with E-state index in [-0.39, 0.29) is 23.9 Å². The molecule has 4 rings (SSSR count). The summed E-state index contributed by atoms with van der Waals surface area (Å²) in [5.74, 6) is -1.47. The van der Waals surface area contributed by atoms with Crippen molar-refractivity contribution in [2.75, 3.05) is 25.6 Å². The minimum Gasteiger partial charge on any atom is -0.503 e. The minimum atomic E-state index is -0.933. The Morgan fingerprint density at radius 2 is 1.70 bits per heavy atom. The molecule has 3 aromatic rings. The summed E-state index contributed by atoms with van der Waals surface area (Å²) in [6, 6.07) is 15.4. The standard InChI is InChI=1S/C29H30N2O5S/c1-29(2,3)27(34)24-25(21-8-6-7-9-22(21)36-16-23(32)30(4)5)31(28(35)26(24)33)20-12-10-18(11-13-20)19-14-15-37-17-19/h6-15,17,25,33H,16H2,1-5H3. The highest BCUT2D eigenvalue weighted by Gasteiger charge is 2.47. The Hall–Kier alpha value is -3.91. The molecule has 37 heavy (non-hydrogen) atoms. The molecule has 192 valence electrons. The molecule has 2 aromatic carbocycles. The second kappa shape index (κ2) is 10.2. The molecule has 1 unspecified atom stereocenters. The van der Waals surface area contributed by atoms with Gasteiger partial charge in [0.25, 0.3) is 11.8 Å². The first kappa shape index (κ1) is 26.2. The van der Waals surface area contributed by atoms with Crippen molar-refractivity contribution in [2.24, 2.45) is 5.41 Å². The number of ketones is 1. The van der Waals surface area contributed by atoms with Crippen LogP contribution in [0.15, 0.2) is 76.7 Å². The number of aliphatic hydroxyl groups is 1. The first-order valence-electron chi connectivity index (χ1n) is 11.9. The topological polar surface area (TPSA) is 87.1 Å². The maximum Gasteiger partial charge on any atom is 0.294 e. The Bertz CT molecular complexity index is 1350. The predicted octanol–water partition coefficient (Wildman–Crippen LogP) is 5.40. The lowest BCUT2D eigenvalue weighted by Gasteiger charge is -2.30. The van der Waals surface area contributed by atoms with E-state index >= 15 is 0 Å². The third-order valence-corrected chi connectivity index (χ3v) is 6.88. The van der Waals surface area contributed by atoms with Crippen molar-refractivity contribution in [1.29, 1.82) is 0 Å². The number of anilines is 1. The number of carbonyl (C=O) groups excluding carboxylic acids is 3. The van der Waals surface area contributed by atoms with Crippen LogP contribution in [-0.2, 0) is 14.4 Å². The summed E-state index contributed by atoms with van der Waals surface area (Å²) >= 11 is 1.60. The molecule has 0 saturated heterocycles. The van der Waals surface area contributed by atoms with Crippen LogP contribution >= 0.6 is 11.3 Å². The van der Waals surface area contributed by atoms with Crippen molar-refractivity contribution in [2.45, 2.75) is 26.8 Å². The number of rotatable bonds is 7. The van der Waals surface area contributed by atoms with E-state index in [1.807, 2.05) is 29.0 Å². The van der Waals surface area contributed by atoms with Crippen molar-refractivity contribution >= 4 is 34.6 Å². The molecular formula is C29H30N2O5S. The van der Waals surface area contributed by atoms with Crippen LogP contribution in [-0.4, -0.2) is 48.3 Å². The fraction of sp³-hybridized carbons (Fsp3) is 0.276. The van der Waals surface area contributed by atoms with Gasteiger partial charge in [-0.15, -0.1) is 0 Å². The number of nitrogens with zero attached hydrogens (tertiary/aromatic N) is 2. The summed E-state index contributed by atoms with van der Waals surface area (Å²) in [4.78, 5) is 42.1. The van der Waals surface area contributed by atoms with Gasteiger partial charge in [-0.25, -0.2) is 0 Å². The van der Waals surface area contributed by atoms with Crippen LogP contribution in [0.3, 0.4) is 0 Å². The van der Waals surface area contributed by atoms with Crippen LogP contribution in [0.1, 0.15) is 32.4 Å². The molecule has 8 heteroatoms. The minimum absolute atomic E-state index is 0.00870. The average Bonchev–Trinajstić information content (AvgIpc) is 3.49. The summed E-state index contributed by atoms with van der Waals surface area (Å²) in [6.45, 7) is 5.02. The molecule has 0 spiro atoms. The smallest absolute Gasteiger partial charge is 0.294 e. The van der Waals surface area contributed by atoms with Gasteiger partial charge in [0.15, 0.2) is 18.1 Å². The molecule has 1 aliphatic rings. The number of Topliss-reactive ketones (excluding diaryl/α,β-unsaturated/α-hetero) is 1. The molecule has 0 radical (unpaired) electrons. The quantitative estimate of drug-likeness (QED) is 0.453. The summed E-state index contributed by atoms with van der Waals surface area (Å²) in [7, 11) is 3.27. The number of para-hydroxylation sites is 1. The molecule has 2 amide bonds. The van der Waals surface area contributed by atoms with Gasteiger partial charge in [-0.2, -0.15) is 11.3 Å². The van der Waals surface area contributed by atoms with Crippen LogP contribution < -0.4 is 9.64 Å². The second-order valence-corrected chi connectivity index (χ2v) is 10.9. The van der Waals surface area contributed by atoms with E-state index in [1.54, 1.807) is 82.6 Å². The zero-order chi connectivity index (χ0) is 26.9. The van der Waals surface area contributed by atoms with Crippen LogP contribution in [0.25, 0.3) is 11.1 Å². The molecule has 7 nitrogen and oxygen atoms in total. The van der Waals surface area contributed by atoms with E-state index < -0.39 is 23.1 Å². The molecule has 1 atom stereocenters. The lowest BCUT2D eigenvalue weighted by molar-refractivity contribution is -0.130. The van der Waals surface area contributed by atoms with Crippen molar-refractivity contribution in [1.82, 2.24) is 4.90 Å². The number of hydrogen-bond donors (Lipinski definition) is 1. The number of aliphatic hydroxyl groups excluding tert-OH is 1. The molecule has 0 saturated carbocycles. The number of hydrogen-bond acceptors (Lipinski definition) is 6. The highest BCUT2D eigenvalue weighted by molar-refractivity contribution is 7.08. The molecule has 1 N–H and O–H groups in total. The Labute approximate surface area is 220 Å². The van der Waals surface area contributed by atoms with Gasteiger partial charge >= 0.3 is 0 Å². The Morgan fingerprint density at radius 3 is 2.30 bits per heavy atom. The number of thiophene rings is 1. The van der Waals surface area contributed by atoms with Crippen molar-refractivity contribution in [3.8, 4) is 16.9 Å². The largest absolute Gasteiger partial charge is 0.503 e. The number of amides is 2. The van der Waals surface area contributed by atoms with E-state index in [9.17, 15) is 19.5 Å². The van der Waals surface area contributed by atoms with E-state index in [0.29, 0.717) is 17.0 Å². The van der Waals surface area contributed by atoms with Gasteiger partial charge in [0, 0.05) is 30.8 Å². The third kappa shape index (κ3) is 5.15. The van der Waals surface area contributed by atoms with Gasteiger partial charge in [-0.1, -0.05) is 51.1 Å². The van der Waals surface area contributed by atoms with Crippen molar-refractivity contribution in [3.63, 3.8) is 0 Å². The Kier molecular flexibility index (Phi) is 7.23. The molecular weight excluding hydrogens is 488 g/mol. The van der Waals surface area contributed by atoms with E-state index in [2.05, 4.69) is 0 Å². The van der Waals surface area contributed by atoms with Crippen LogP contribution in [0.2, 0.25) is 0 Å². The first-order chi connectivity index (χ1) is 17.5. The van der Waals surface area contributed by atoms with Crippen molar-refractivity contribution in [3.05, 3.63) is 82.3 Å². The van der Waals surface area contributed by atoms with E-state index in [4.69, 9.17) is 4.74 Å². The molecule has 0 aliphatic carbocycles. The summed E-state index contributed by atoms with van der Waals surface area (Å²) in [6.07, 6.45) is 0. The molecule has 1 aliphatic heterocycles. The predicted molar refractivity (Wildman–Crippen MR) is 145 cm³/mol. The summed E-state index contributed by atoms with van der Waals surface area (Å²) in [5.41, 5.74) is 2.24. The lowest BCUT2D eigenvalue weighted by Crippen LogP contribution is -2.33. The Morgan fingerprint density at radius 1 is 1.03 bits per heavy atom. The second-order valence-electron chi connectivity index (χ2n) is 10.1. The maximum absolute atomic E-state index is 13.6. The SMILES string of the molecule is CN(C)C(=O)COc1ccccc1C1C(C(=O)C(C)(C)C)=C(O)C(=O)N1c1ccc(-c2ccsc2)cc1. The van der Waals surface area contributed by atoms with Crippen LogP contribution in [0, 0.1) is 5.41 Å². The van der Waals surface area contributed by atoms with E-state index in [1.165, 1.54) is 9.80 Å². The van der Waals surface area contributed by atoms with Gasteiger partial charge in [0.2, 0.25) is 0 Å². The average molecular weight is 519 g/mol. The number of benzene rings is 2. The van der Waals surface area contributed by atoms with Gasteiger partial charge in [0.1, 0.15) is 5.75 Å². The zero-order valence-electron chi connectivity index (χ0n) is 21.5. The first-order valence-corrected chi connectivity index (χ1v) is 12.8. The van der Waals surface area contributed by atoms with Crippen LogP contribution in [0.5, 0.6) is 5.75 Å². The monoisotopic (exact) mass is 518 g/mol. The fourth-order valence-electron chi connectivity index (χ4n) is 4.15. The lowest BCUT2D eigenvalue weighted by atomic mass is 9.82. The number of carbonyl (C=O) groups is 3.